The van der Waals surface area contributed by atoms with E-state index in [1.807, 2.05) is 24.0 Å². The van der Waals surface area contributed by atoms with Crippen LogP contribution in [0.1, 0.15) is 24.8 Å². The molecule has 1 unspecified atom stereocenters. The first-order valence-electron chi connectivity index (χ1n) is 7.82. The highest BCUT2D eigenvalue weighted by atomic mass is 35.5. The number of aryl methyl sites for hydroxylation is 1. The van der Waals surface area contributed by atoms with E-state index < -0.39 is 18.5 Å². The number of hydrogen-bond acceptors (Lipinski definition) is 3. The van der Waals surface area contributed by atoms with Crippen LogP contribution >= 0.6 is 24.8 Å². The molecule has 2 aliphatic rings. The summed E-state index contributed by atoms with van der Waals surface area (Å²) in [5, 5.41) is 6.93. The molecule has 1 aromatic heterocycles. The van der Waals surface area contributed by atoms with E-state index in [0.29, 0.717) is 19.0 Å². The van der Waals surface area contributed by atoms with Gasteiger partial charge in [0.15, 0.2) is 0 Å². The molecular formula is C15H24Cl2F2N4O. The van der Waals surface area contributed by atoms with Crippen LogP contribution in [0.4, 0.5) is 8.78 Å². The lowest BCUT2D eigenvalue weighted by atomic mass is 9.96. The lowest BCUT2D eigenvalue weighted by Crippen LogP contribution is -2.47. The summed E-state index contributed by atoms with van der Waals surface area (Å²) in [6.45, 7) is 3.77. The van der Waals surface area contributed by atoms with E-state index in [9.17, 15) is 13.6 Å². The number of nitrogens with zero attached hydrogens (tertiary/aromatic N) is 3. The quantitative estimate of drug-likeness (QED) is 0.869. The minimum atomic E-state index is -2.75. The number of carbonyl (C=O) groups is 1. The summed E-state index contributed by atoms with van der Waals surface area (Å²) in [6, 6.07) is -0.722. The molecule has 1 atom stereocenters. The van der Waals surface area contributed by atoms with Crippen molar-refractivity contribution in [1.29, 1.82) is 0 Å². The summed E-state index contributed by atoms with van der Waals surface area (Å²) in [6.07, 6.45) is 5.27. The molecule has 2 aliphatic heterocycles. The topological polar surface area (TPSA) is 50.2 Å². The molecule has 3 rings (SSSR count). The van der Waals surface area contributed by atoms with Crippen LogP contribution < -0.4 is 5.32 Å². The largest absolute Gasteiger partial charge is 0.341 e. The SMILES string of the molecule is Cc1cnn(CC2CCN(C(=O)C3CC(F)(F)CN3)CC2)c1.Cl.Cl. The fourth-order valence-electron chi connectivity index (χ4n) is 3.28. The van der Waals surface area contributed by atoms with Gasteiger partial charge in [-0.15, -0.1) is 24.8 Å². The first kappa shape index (κ1) is 21.1. The number of piperidine rings is 1. The molecule has 0 radical (unpaired) electrons. The maximum atomic E-state index is 13.2. The molecule has 3 heterocycles. The molecule has 5 nitrogen and oxygen atoms in total. The van der Waals surface area contributed by atoms with Gasteiger partial charge in [0.2, 0.25) is 5.91 Å². The second kappa shape index (κ2) is 8.45. The van der Waals surface area contributed by atoms with E-state index >= 15 is 0 Å². The monoisotopic (exact) mass is 384 g/mol. The Balaban J connectivity index is 0.00000144. The van der Waals surface area contributed by atoms with Crippen molar-refractivity contribution >= 4 is 30.7 Å². The molecule has 2 saturated heterocycles. The molecule has 138 valence electrons. The first-order chi connectivity index (χ1) is 10.4. The number of carbonyl (C=O) groups excluding carboxylic acids is 1. The predicted molar refractivity (Wildman–Crippen MR) is 92.1 cm³/mol. The van der Waals surface area contributed by atoms with Gasteiger partial charge in [-0.1, -0.05) is 0 Å². The highest BCUT2D eigenvalue weighted by Crippen LogP contribution is 2.27. The normalized spacial score (nSPS) is 23.5. The van der Waals surface area contributed by atoms with Crippen molar-refractivity contribution < 1.29 is 13.6 Å². The molecule has 0 spiro atoms. The predicted octanol–water partition coefficient (Wildman–Crippen LogP) is 2.27. The van der Waals surface area contributed by atoms with Gasteiger partial charge in [0.05, 0.1) is 18.8 Å². The highest BCUT2D eigenvalue weighted by Gasteiger charge is 2.43. The molecule has 0 aliphatic carbocycles. The van der Waals surface area contributed by atoms with Crippen molar-refractivity contribution in [1.82, 2.24) is 20.0 Å². The van der Waals surface area contributed by atoms with Crippen LogP contribution in [-0.2, 0) is 11.3 Å². The summed E-state index contributed by atoms with van der Waals surface area (Å²) >= 11 is 0. The average Bonchev–Trinajstić information content (AvgIpc) is 3.04. The maximum absolute atomic E-state index is 13.2. The zero-order valence-corrected chi connectivity index (χ0v) is 15.2. The molecule has 1 aromatic rings. The van der Waals surface area contributed by atoms with E-state index in [4.69, 9.17) is 0 Å². The summed E-state index contributed by atoms with van der Waals surface area (Å²) in [4.78, 5) is 14.0. The van der Waals surface area contributed by atoms with Crippen LogP contribution in [0.25, 0.3) is 0 Å². The number of halogens is 4. The third kappa shape index (κ3) is 5.04. The van der Waals surface area contributed by atoms with Gasteiger partial charge >= 0.3 is 0 Å². The average molecular weight is 385 g/mol. The fraction of sp³-hybridized carbons (Fsp3) is 0.733. The molecule has 1 N–H and O–H groups in total. The fourth-order valence-corrected chi connectivity index (χ4v) is 3.28. The van der Waals surface area contributed by atoms with Gasteiger partial charge in [0.25, 0.3) is 5.92 Å². The number of rotatable bonds is 3. The highest BCUT2D eigenvalue weighted by molar-refractivity contribution is 5.85. The minimum absolute atomic E-state index is 0. The molecule has 1 amide bonds. The van der Waals surface area contributed by atoms with Gasteiger partial charge in [-0.25, -0.2) is 8.78 Å². The van der Waals surface area contributed by atoms with Gasteiger partial charge in [0.1, 0.15) is 0 Å². The number of nitrogens with one attached hydrogen (secondary N) is 1. The molecule has 9 heteroatoms. The zero-order valence-electron chi connectivity index (χ0n) is 13.6. The molecular weight excluding hydrogens is 361 g/mol. The Bertz CT molecular complexity index is 547. The van der Waals surface area contributed by atoms with Crippen molar-refractivity contribution in [2.75, 3.05) is 19.6 Å². The third-order valence-corrected chi connectivity index (χ3v) is 4.54. The number of hydrogen-bond donors (Lipinski definition) is 1. The Morgan fingerprint density at radius 3 is 2.54 bits per heavy atom. The second-order valence-corrected chi connectivity index (χ2v) is 6.50. The third-order valence-electron chi connectivity index (χ3n) is 4.54. The Labute approximate surface area is 153 Å². The van der Waals surface area contributed by atoms with Gasteiger partial charge in [-0.2, -0.15) is 5.10 Å². The van der Waals surface area contributed by atoms with Gasteiger partial charge in [-0.05, 0) is 31.2 Å². The van der Waals surface area contributed by atoms with Crippen LogP contribution in [0.15, 0.2) is 12.4 Å². The van der Waals surface area contributed by atoms with Crippen LogP contribution in [0.3, 0.4) is 0 Å². The van der Waals surface area contributed by atoms with Gasteiger partial charge in [0, 0.05) is 32.3 Å². The van der Waals surface area contributed by atoms with E-state index in [0.717, 1.165) is 24.9 Å². The van der Waals surface area contributed by atoms with Gasteiger partial charge < -0.3 is 4.90 Å². The lowest BCUT2D eigenvalue weighted by Gasteiger charge is -2.33. The second-order valence-electron chi connectivity index (χ2n) is 6.50. The standard InChI is InChI=1S/C15H22F2N4O.2ClH/c1-11-7-19-21(8-11)9-12-2-4-20(5-3-12)14(22)13-6-15(16,17)10-18-13;;/h7-8,12-13,18H,2-6,9-10H2,1H3;2*1H. The Kier molecular flexibility index (Phi) is 7.44. The Hall–Kier alpha value is -0.920. The molecule has 2 fully saturated rings. The minimum Gasteiger partial charge on any atom is -0.341 e. The number of aromatic nitrogens is 2. The smallest absolute Gasteiger partial charge is 0.262 e. The van der Waals surface area contributed by atoms with Crippen molar-refractivity contribution in [3.05, 3.63) is 18.0 Å². The lowest BCUT2D eigenvalue weighted by molar-refractivity contribution is -0.135. The van der Waals surface area contributed by atoms with Crippen LogP contribution in [0, 0.1) is 12.8 Å². The Morgan fingerprint density at radius 1 is 1.38 bits per heavy atom. The maximum Gasteiger partial charge on any atom is 0.262 e. The summed E-state index contributed by atoms with van der Waals surface area (Å²) < 4.78 is 28.3. The number of alkyl halides is 2. The van der Waals surface area contributed by atoms with E-state index in [1.54, 1.807) is 4.90 Å². The Morgan fingerprint density at radius 2 is 2.04 bits per heavy atom. The summed E-state index contributed by atoms with van der Waals surface area (Å²) in [5.74, 6) is -2.44. The van der Waals surface area contributed by atoms with Crippen LogP contribution in [-0.4, -0.2) is 52.2 Å². The summed E-state index contributed by atoms with van der Waals surface area (Å²) in [7, 11) is 0. The van der Waals surface area contributed by atoms with E-state index in [2.05, 4.69) is 10.4 Å². The first-order valence-corrected chi connectivity index (χ1v) is 7.82. The van der Waals surface area contributed by atoms with Gasteiger partial charge in [-0.3, -0.25) is 14.8 Å². The molecule has 24 heavy (non-hydrogen) atoms. The van der Waals surface area contributed by atoms with E-state index in [1.165, 1.54) is 0 Å². The van der Waals surface area contributed by atoms with E-state index in [-0.39, 0.29) is 37.1 Å². The summed E-state index contributed by atoms with van der Waals surface area (Å²) in [5.41, 5.74) is 1.14. The number of amides is 1. The van der Waals surface area contributed by atoms with Crippen molar-refractivity contribution in [2.45, 2.75) is 44.7 Å². The molecule has 0 bridgehead atoms. The molecule has 0 saturated carbocycles. The van der Waals surface area contributed by atoms with Crippen LogP contribution in [0.5, 0.6) is 0 Å². The van der Waals surface area contributed by atoms with Crippen molar-refractivity contribution in [3.8, 4) is 0 Å². The zero-order chi connectivity index (χ0) is 15.7. The van der Waals surface area contributed by atoms with Crippen LogP contribution in [0.2, 0.25) is 0 Å². The number of likely N-dealkylation sites (tertiary alicyclic amines) is 1. The van der Waals surface area contributed by atoms with Crippen molar-refractivity contribution in [3.63, 3.8) is 0 Å². The molecule has 0 aromatic carbocycles. The van der Waals surface area contributed by atoms with Crippen molar-refractivity contribution in [2.24, 2.45) is 5.92 Å².